The Labute approximate surface area is 203 Å². The SMILES string of the molecule is C=C1Oc2ccc(CC)cc2C(O)=C1C(c1ccncc1)c1c(O)c2c(oc1=O)C=CC(CC)C2. The van der Waals surface area contributed by atoms with Gasteiger partial charge in [-0.25, -0.2) is 4.79 Å². The molecule has 6 heteroatoms. The van der Waals surface area contributed by atoms with E-state index in [4.69, 9.17) is 9.15 Å². The third kappa shape index (κ3) is 3.85. The van der Waals surface area contributed by atoms with Crippen LogP contribution in [0.1, 0.15) is 59.8 Å². The molecule has 178 valence electrons. The van der Waals surface area contributed by atoms with Crippen molar-refractivity contribution in [3.05, 3.63) is 111 Å². The van der Waals surface area contributed by atoms with E-state index in [1.165, 1.54) is 0 Å². The maximum absolute atomic E-state index is 13.3. The number of fused-ring (bicyclic) bond motifs is 2. The van der Waals surface area contributed by atoms with E-state index in [0.717, 1.165) is 18.4 Å². The number of rotatable bonds is 5. The maximum atomic E-state index is 13.3. The molecule has 0 fully saturated rings. The lowest BCUT2D eigenvalue weighted by molar-refractivity contribution is 0.391. The first kappa shape index (κ1) is 22.7. The number of aliphatic hydroxyl groups is 1. The van der Waals surface area contributed by atoms with Gasteiger partial charge in [-0.3, -0.25) is 4.98 Å². The van der Waals surface area contributed by atoms with Gasteiger partial charge in [0.15, 0.2) is 0 Å². The predicted molar refractivity (Wildman–Crippen MR) is 134 cm³/mol. The van der Waals surface area contributed by atoms with Crippen molar-refractivity contribution in [2.24, 2.45) is 5.92 Å². The van der Waals surface area contributed by atoms with Crippen LogP contribution in [0.5, 0.6) is 11.5 Å². The van der Waals surface area contributed by atoms with Crippen LogP contribution in [0.25, 0.3) is 11.8 Å². The summed E-state index contributed by atoms with van der Waals surface area (Å²) in [7, 11) is 0. The fourth-order valence-corrected chi connectivity index (χ4v) is 4.88. The van der Waals surface area contributed by atoms with Crippen molar-refractivity contribution in [2.45, 2.75) is 39.0 Å². The quantitative estimate of drug-likeness (QED) is 0.483. The Morgan fingerprint density at radius 1 is 1.17 bits per heavy atom. The predicted octanol–water partition coefficient (Wildman–Crippen LogP) is 5.91. The van der Waals surface area contributed by atoms with E-state index in [1.807, 2.05) is 25.1 Å². The molecular weight excluding hydrogens is 442 g/mol. The smallest absolute Gasteiger partial charge is 0.344 e. The molecule has 2 unspecified atom stereocenters. The minimum atomic E-state index is -0.878. The summed E-state index contributed by atoms with van der Waals surface area (Å²) >= 11 is 0. The van der Waals surface area contributed by atoms with Gasteiger partial charge >= 0.3 is 5.63 Å². The first-order valence-electron chi connectivity index (χ1n) is 11.8. The minimum Gasteiger partial charge on any atom is -0.507 e. The van der Waals surface area contributed by atoms with E-state index in [1.54, 1.807) is 36.7 Å². The summed E-state index contributed by atoms with van der Waals surface area (Å²) in [5.74, 6) is 0.232. The zero-order chi connectivity index (χ0) is 24.7. The van der Waals surface area contributed by atoms with Crippen LogP contribution in [-0.4, -0.2) is 15.2 Å². The molecule has 2 aliphatic rings. The third-order valence-electron chi connectivity index (χ3n) is 6.88. The van der Waals surface area contributed by atoms with Gasteiger partial charge in [-0.05, 0) is 66.6 Å². The molecule has 1 aliphatic carbocycles. The molecule has 0 amide bonds. The number of allylic oxidation sites excluding steroid dienone is 2. The van der Waals surface area contributed by atoms with Crippen LogP contribution in [0.3, 0.4) is 0 Å². The number of pyridine rings is 1. The van der Waals surface area contributed by atoms with Crippen molar-refractivity contribution in [1.29, 1.82) is 0 Å². The van der Waals surface area contributed by atoms with Crippen LogP contribution < -0.4 is 10.4 Å². The van der Waals surface area contributed by atoms with Gasteiger partial charge in [0.1, 0.15) is 28.8 Å². The molecule has 0 radical (unpaired) electrons. The topological polar surface area (TPSA) is 92.8 Å². The van der Waals surface area contributed by atoms with Gasteiger partial charge < -0.3 is 19.4 Å². The van der Waals surface area contributed by atoms with Crippen LogP contribution in [0.4, 0.5) is 0 Å². The zero-order valence-corrected chi connectivity index (χ0v) is 19.7. The van der Waals surface area contributed by atoms with Gasteiger partial charge in [0.05, 0.1) is 17.0 Å². The molecule has 0 saturated carbocycles. The standard InChI is InChI=1S/C29H27NO5/c1-4-17-6-8-22-20(14-17)27(31)24(16(3)34-22)25(19-10-12-30-13-11-19)26-28(32)21-15-18(5-2)7-9-23(21)35-29(26)33/h6-14,18,25,31-32H,3-5,15H2,1-2H3. The highest BCUT2D eigenvalue weighted by Crippen LogP contribution is 2.47. The molecule has 2 aromatic heterocycles. The van der Waals surface area contributed by atoms with Gasteiger partial charge in [0.25, 0.3) is 0 Å². The number of aryl methyl sites for hydroxylation is 1. The minimum absolute atomic E-state index is 0.0431. The summed E-state index contributed by atoms with van der Waals surface area (Å²) in [5, 5.41) is 23.0. The fraction of sp³-hybridized carbons (Fsp3) is 0.241. The Balaban J connectivity index is 1.78. The lowest BCUT2D eigenvalue weighted by atomic mass is 9.80. The average Bonchev–Trinajstić information content (AvgIpc) is 2.88. The van der Waals surface area contributed by atoms with Crippen LogP contribution in [0, 0.1) is 5.92 Å². The molecule has 5 rings (SSSR count). The maximum Gasteiger partial charge on any atom is 0.344 e. The molecule has 3 aromatic rings. The monoisotopic (exact) mass is 469 g/mol. The largest absolute Gasteiger partial charge is 0.507 e. The molecule has 1 aliphatic heterocycles. The number of nitrogens with zero attached hydrogens (tertiary/aromatic N) is 1. The summed E-state index contributed by atoms with van der Waals surface area (Å²) in [6.45, 7) is 8.15. The van der Waals surface area contributed by atoms with Gasteiger partial charge in [0.2, 0.25) is 0 Å². The van der Waals surface area contributed by atoms with E-state index < -0.39 is 11.5 Å². The molecular formula is C29H27NO5. The number of hydrogen-bond donors (Lipinski definition) is 2. The summed E-state index contributed by atoms with van der Waals surface area (Å²) in [4.78, 5) is 17.4. The summed E-state index contributed by atoms with van der Waals surface area (Å²) in [5.41, 5.74) is 2.44. The van der Waals surface area contributed by atoms with Crippen LogP contribution >= 0.6 is 0 Å². The zero-order valence-electron chi connectivity index (χ0n) is 19.7. The molecule has 0 spiro atoms. The van der Waals surface area contributed by atoms with Crippen molar-refractivity contribution in [1.82, 2.24) is 4.98 Å². The van der Waals surface area contributed by atoms with Gasteiger partial charge in [-0.2, -0.15) is 0 Å². The second-order valence-corrected chi connectivity index (χ2v) is 8.91. The average molecular weight is 470 g/mol. The van der Waals surface area contributed by atoms with Crippen molar-refractivity contribution >= 4 is 11.8 Å². The number of benzene rings is 1. The Morgan fingerprint density at radius 3 is 2.66 bits per heavy atom. The second kappa shape index (κ2) is 8.95. The number of aliphatic hydroxyl groups excluding tert-OH is 1. The van der Waals surface area contributed by atoms with E-state index in [0.29, 0.717) is 40.2 Å². The van der Waals surface area contributed by atoms with Gasteiger partial charge in [-0.1, -0.05) is 32.6 Å². The highest BCUT2D eigenvalue weighted by Gasteiger charge is 2.36. The highest BCUT2D eigenvalue weighted by atomic mass is 16.5. The molecule has 0 saturated heterocycles. The number of hydrogen-bond acceptors (Lipinski definition) is 6. The second-order valence-electron chi connectivity index (χ2n) is 8.91. The summed E-state index contributed by atoms with van der Waals surface area (Å²) < 4.78 is 11.7. The van der Waals surface area contributed by atoms with Crippen LogP contribution in [-0.2, 0) is 12.8 Å². The Morgan fingerprint density at radius 2 is 1.94 bits per heavy atom. The van der Waals surface area contributed by atoms with E-state index in [9.17, 15) is 15.0 Å². The first-order chi connectivity index (χ1) is 16.9. The number of aromatic nitrogens is 1. The molecule has 6 nitrogen and oxygen atoms in total. The molecule has 2 atom stereocenters. The molecule has 0 bridgehead atoms. The van der Waals surface area contributed by atoms with Crippen molar-refractivity contribution in [2.75, 3.05) is 0 Å². The molecule has 3 heterocycles. The normalized spacial score (nSPS) is 17.5. The van der Waals surface area contributed by atoms with Crippen molar-refractivity contribution < 1.29 is 19.4 Å². The lowest BCUT2D eigenvalue weighted by Crippen LogP contribution is -2.23. The van der Waals surface area contributed by atoms with Gasteiger partial charge in [0, 0.05) is 23.5 Å². The Bertz CT molecular complexity index is 1430. The summed E-state index contributed by atoms with van der Waals surface area (Å²) in [6, 6.07) is 9.08. The summed E-state index contributed by atoms with van der Waals surface area (Å²) in [6.07, 6.45) is 9.18. The van der Waals surface area contributed by atoms with E-state index >= 15 is 0 Å². The Kier molecular flexibility index (Phi) is 5.81. The van der Waals surface area contributed by atoms with E-state index in [2.05, 4.69) is 18.5 Å². The number of aromatic hydroxyl groups is 1. The van der Waals surface area contributed by atoms with Crippen LogP contribution in [0.15, 0.2) is 75.9 Å². The van der Waals surface area contributed by atoms with Crippen molar-refractivity contribution in [3.8, 4) is 11.5 Å². The fourth-order valence-electron chi connectivity index (χ4n) is 4.88. The van der Waals surface area contributed by atoms with E-state index in [-0.39, 0.29) is 28.7 Å². The van der Waals surface area contributed by atoms with Crippen molar-refractivity contribution in [3.63, 3.8) is 0 Å². The molecule has 1 aromatic carbocycles. The molecule has 2 N–H and O–H groups in total. The first-order valence-corrected chi connectivity index (χ1v) is 11.8. The molecule has 35 heavy (non-hydrogen) atoms. The van der Waals surface area contributed by atoms with Gasteiger partial charge in [-0.15, -0.1) is 0 Å². The Hall–Kier alpha value is -4.06. The van der Waals surface area contributed by atoms with Crippen LogP contribution in [0.2, 0.25) is 0 Å². The lowest BCUT2D eigenvalue weighted by Gasteiger charge is -2.29. The highest BCUT2D eigenvalue weighted by molar-refractivity contribution is 5.77. The number of ether oxygens (including phenoxy) is 1. The third-order valence-corrected chi connectivity index (χ3v) is 6.88.